The molecule has 0 N–H and O–H groups in total. The molecule has 1 atom stereocenters. The Labute approximate surface area is 191 Å². The molecule has 1 aliphatic heterocycles. The summed E-state index contributed by atoms with van der Waals surface area (Å²) < 4.78 is 17.3. The van der Waals surface area contributed by atoms with E-state index >= 15 is 0 Å². The first kappa shape index (κ1) is 21.2. The van der Waals surface area contributed by atoms with Crippen molar-refractivity contribution in [2.45, 2.75) is 32.2 Å². The Morgan fingerprint density at radius 3 is 2.85 bits per heavy atom. The molecule has 0 aliphatic carbocycles. The van der Waals surface area contributed by atoms with Crippen LogP contribution in [0.1, 0.15) is 34.7 Å². The van der Waals surface area contributed by atoms with Gasteiger partial charge in [-0.25, -0.2) is 0 Å². The molecule has 0 radical (unpaired) electrons. The normalized spacial score (nSPS) is 16.1. The molecule has 1 saturated heterocycles. The lowest BCUT2D eigenvalue weighted by Gasteiger charge is -2.32. The van der Waals surface area contributed by atoms with E-state index in [0.29, 0.717) is 31.2 Å². The molecule has 2 aromatic carbocycles. The highest BCUT2D eigenvalue weighted by atomic mass is 16.5. The Bertz CT molecular complexity index is 1220. The molecule has 1 aliphatic rings. The topological polar surface area (TPSA) is 77.7 Å². The maximum absolute atomic E-state index is 13.0. The molecule has 168 valence electrons. The number of hydrogen-bond donors (Lipinski definition) is 0. The van der Waals surface area contributed by atoms with Crippen molar-refractivity contribution in [2.75, 3.05) is 13.1 Å². The van der Waals surface area contributed by atoms with E-state index < -0.39 is 0 Å². The van der Waals surface area contributed by atoms with Gasteiger partial charge in [0.25, 0.3) is 5.91 Å². The number of nitrogens with zero attached hydrogens (tertiary/aromatic N) is 3. The first-order valence-corrected chi connectivity index (χ1v) is 11.1. The van der Waals surface area contributed by atoms with Gasteiger partial charge >= 0.3 is 0 Å². The van der Waals surface area contributed by atoms with Crippen LogP contribution in [-0.4, -0.2) is 40.1 Å². The van der Waals surface area contributed by atoms with Crippen LogP contribution in [-0.2, 0) is 18.0 Å². The van der Waals surface area contributed by atoms with Gasteiger partial charge in [-0.05, 0) is 30.5 Å². The summed E-state index contributed by atoms with van der Waals surface area (Å²) in [7, 11) is 0. The van der Waals surface area contributed by atoms with Crippen molar-refractivity contribution in [1.82, 2.24) is 15.0 Å². The van der Waals surface area contributed by atoms with Gasteiger partial charge < -0.3 is 18.9 Å². The molecule has 4 aromatic rings. The lowest BCUT2D eigenvalue weighted by Crippen LogP contribution is -2.43. The van der Waals surface area contributed by atoms with E-state index in [1.165, 1.54) is 0 Å². The first-order chi connectivity index (χ1) is 16.3. The van der Waals surface area contributed by atoms with Crippen molar-refractivity contribution >= 4 is 16.8 Å². The van der Waals surface area contributed by atoms with Gasteiger partial charge in [-0.2, -0.15) is 0 Å². The number of aromatic nitrogens is 2. The summed E-state index contributed by atoms with van der Waals surface area (Å²) in [6.07, 6.45) is 3.58. The minimum absolute atomic E-state index is 0.0106. The van der Waals surface area contributed by atoms with Crippen LogP contribution in [0.3, 0.4) is 0 Å². The summed E-state index contributed by atoms with van der Waals surface area (Å²) in [4.78, 5) is 19.2. The molecule has 0 bridgehead atoms. The number of likely N-dealkylation sites (tertiary alicyclic amines) is 1. The van der Waals surface area contributed by atoms with Gasteiger partial charge in [0.15, 0.2) is 11.5 Å². The number of fused-ring (bicyclic) bond motifs is 1. The van der Waals surface area contributed by atoms with Crippen molar-refractivity contribution in [1.29, 1.82) is 0 Å². The smallest absolute Gasteiger partial charge is 0.276 e. The van der Waals surface area contributed by atoms with Crippen LogP contribution in [0, 0.1) is 0 Å². The number of carbonyl (C=O) groups excluding carboxylic acids is 1. The molecule has 0 unspecified atom stereocenters. The van der Waals surface area contributed by atoms with Crippen LogP contribution in [0.25, 0.3) is 10.9 Å². The number of amides is 1. The SMILES string of the molecule is O=C(c1cc(COc2cccc3cccnc23)on1)N1CCC[C@H](OCc2ccccc2)C1. The largest absolute Gasteiger partial charge is 0.483 e. The van der Waals surface area contributed by atoms with Gasteiger partial charge in [-0.1, -0.05) is 53.7 Å². The molecule has 2 aromatic heterocycles. The Balaban J connectivity index is 1.18. The van der Waals surface area contributed by atoms with E-state index in [9.17, 15) is 4.79 Å². The fourth-order valence-electron chi connectivity index (χ4n) is 4.03. The fourth-order valence-corrected chi connectivity index (χ4v) is 4.03. The number of para-hydroxylation sites is 1. The summed E-state index contributed by atoms with van der Waals surface area (Å²) >= 11 is 0. The predicted octanol–water partition coefficient (Wildman–Crippen LogP) is 4.62. The molecule has 1 fully saturated rings. The summed E-state index contributed by atoms with van der Waals surface area (Å²) in [5.41, 5.74) is 2.20. The molecule has 3 heterocycles. The number of benzene rings is 2. The number of piperidine rings is 1. The van der Waals surface area contributed by atoms with Crippen molar-refractivity contribution in [2.24, 2.45) is 0 Å². The predicted molar refractivity (Wildman–Crippen MR) is 123 cm³/mol. The number of hydrogen-bond acceptors (Lipinski definition) is 6. The van der Waals surface area contributed by atoms with Crippen LogP contribution in [0.5, 0.6) is 5.75 Å². The zero-order chi connectivity index (χ0) is 22.5. The zero-order valence-electron chi connectivity index (χ0n) is 18.2. The number of carbonyl (C=O) groups is 1. The molecule has 0 spiro atoms. The maximum atomic E-state index is 13.0. The lowest BCUT2D eigenvalue weighted by atomic mass is 10.1. The monoisotopic (exact) mass is 443 g/mol. The molecule has 7 nitrogen and oxygen atoms in total. The van der Waals surface area contributed by atoms with E-state index in [1.54, 1.807) is 17.2 Å². The standard InChI is InChI=1S/C26H25N3O4/c30-26(29-14-6-11-21(16-29)31-17-19-7-2-1-3-8-19)23-15-22(33-28-23)18-32-24-12-4-9-20-10-5-13-27-25(20)24/h1-5,7-10,12-13,15,21H,6,11,14,16-18H2/t21-/m0/s1. The van der Waals surface area contributed by atoms with E-state index in [1.807, 2.05) is 60.7 Å². The Hall–Kier alpha value is -3.71. The van der Waals surface area contributed by atoms with Crippen LogP contribution in [0.4, 0.5) is 0 Å². The quantitative estimate of drug-likeness (QED) is 0.415. The van der Waals surface area contributed by atoms with Crippen LogP contribution >= 0.6 is 0 Å². The summed E-state index contributed by atoms with van der Waals surface area (Å²) in [6, 6.07) is 21.3. The minimum atomic E-state index is -0.148. The van der Waals surface area contributed by atoms with Gasteiger partial charge in [0, 0.05) is 30.7 Å². The van der Waals surface area contributed by atoms with Crippen molar-refractivity contribution in [3.05, 3.63) is 89.9 Å². The van der Waals surface area contributed by atoms with Gasteiger partial charge in [0.1, 0.15) is 17.9 Å². The molecule has 0 saturated carbocycles. The fraction of sp³-hybridized carbons (Fsp3) is 0.269. The molecule has 5 rings (SSSR count). The van der Waals surface area contributed by atoms with Gasteiger partial charge in [-0.15, -0.1) is 0 Å². The third-order valence-corrected chi connectivity index (χ3v) is 5.74. The molecular formula is C26H25N3O4. The summed E-state index contributed by atoms with van der Waals surface area (Å²) in [5, 5.41) is 4.98. The average Bonchev–Trinajstić information content (AvgIpc) is 3.35. The first-order valence-electron chi connectivity index (χ1n) is 11.1. The molecule has 1 amide bonds. The highest BCUT2D eigenvalue weighted by Crippen LogP contribution is 2.24. The highest BCUT2D eigenvalue weighted by Gasteiger charge is 2.27. The van der Waals surface area contributed by atoms with Gasteiger partial charge in [-0.3, -0.25) is 9.78 Å². The summed E-state index contributed by atoms with van der Waals surface area (Å²) in [5.74, 6) is 0.997. The van der Waals surface area contributed by atoms with Crippen molar-refractivity contribution < 1.29 is 18.8 Å². The van der Waals surface area contributed by atoms with E-state index in [2.05, 4.69) is 10.1 Å². The number of pyridine rings is 1. The zero-order valence-corrected chi connectivity index (χ0v) is 18.2. The van der Waals surface area contributed by atoms with Crippen LogP contribution in [0.15, 0.2) is 77.4 Å². The van der Waals surface area contributed by atoms with Gasteiger partial charge in [0.2, 0.25) is 0 Å². The number of ether oxygens (including phenoxy) is 2. The van der Waals surface area contributed by atoms with Crippen molar-refractivity contribution in [3.8, 4) is 5.75 Å². The lowest BCUT2D eigenvalue weighted by molar-refractivity contribution is -0.00699. The second kappa shape index (κ2) is 9.83. The third kappa shape index (κ3) is 5.04. The molecule has 7 heteroatoms. The van der Waals surface area contributed by atoms with E-state index in [4.69, 9.17) is 14.0 Å². The Morgan fingerprint density at radius 2 is 1.94 bits per heavy atom. The number of rotatable bonds is 7. The van der Waals surface area contributed by atoms with Crippen LogP contribution in [0.2, 0.25) is 0 Å². The Morgan fingerprint density at radius 1 is 1.06 bits per heavy atom. The second-order valence-corrected chi connectivity index (χ2v) is 8.11. The van der Waals surface area contributed by atoms with Crippen molar-refractivity contribution in [3.63, 3.8) is 0 Å². The van der Waals surface area contributed by atoms with E-state index in [-0.39, 0.29) is 24.3 Å². The highest BCUT2D eigenvalue weighted by molar-refractivity contribution is 5.92. The van der Waals surface area contributed by atoms with Gasteiger partial charge in [0.05, 0.1) is 12.7 Å². The van der Waals surface area contributed by atoms with Crippen LogP contribution < -0.4 is 4.74 Å². The van der Waals surface area contributed by atoms with E-state index in [0.717, 1.165) is 29.3 Å². The molecule has 33 heavy (non-hydrogen) atoms. The Kier molecular flexibility index (Phi) is 6.30. The maximum Gasteiger partial charge on any atom is 0.276 e. The average molecular weight is 444 g/mol. The minimum Gasteiger partial charge on any atom is -0.483 e. The summed E-state index contributed by atoms with van der Waals surface area (Å²) in [6.45, 7) is 1.94. The second-order valence-electron chi connectivity index (χ2n) is 8.11. The molecular weight excluding hydrogens is 418 g/mol. The third-order valence-electron chi connectivity index (χ3n) is 5.74.